The van der Waals surface area contributed by atoms with Gasteiger partial charge in [-0.05, 0) is 58.4 Å². The number of unbranched alkanes of at least 4 members (excludes halogenated alkanes) is 1. The molecule has 1 aliphatic rings. The van der Waals surface area contributed by atoms with Gasteiger partial charge in [0.05, 0.1) is 19.3 Å². The van der Waals surface area contributed by atoms with Crippen molar-refractivity contribution < 1.29 is 58.5 Å². The van der Waals surface area contributed by atoms with Crippen molar-refractivity contribution in [1.82, 2.24) is 31.5 Å². The van der Waals surface area contributed by atoms with Crippen molar-refractivity contribution in [3.63, 3.8) is 0 Å². The molecule has 1 fully saturated rings. The molecule has 8 amide bonds. The van der Waals surface area contributed by atoms with Gasteiger partial charge in [0.2, 0.25) is 47.3 Å². The van der Waals surface area contributed by atoms with Gasteiger partial charge in [-0.2, -0.15) is 0 Å². The van der Waals surface area contributed by atoms with Gasteiger partial charge in [0.15, 0.2) is 0 Å². The lowest BCUT2D eigenvalue weighted by molar-refractivity contribution is -0.143. The first-order valence-corrected chi connectivity index (χ1v) is 16.8. The van der Waals surface area contributed by atoms with E-state index in [9.17, 15) is 58.5 Å². The molecule has 0 aromatic heterocycles. The highest BCUT2D eigenvalue weighted by Crippen LogP contribution is 2.19. The van der Waals surface area contributed by atoms with Gasteiger partial charge in [-0.25, -0.2) is 4.79 Å². The summed E-state index contributed by atoms with van der Waals surface area (Å²) in [6, 6.07) is -8.20. The van der Waals surface area contributed by atoms with Crippen LogP contribution in [0.25, 0.3) is 0 Å². The highest BCUT2D eigenvalue weighted by atomic mass is 16.4. The first-order chi connectivity index (χ1) is 24.4. The largest absolute Gasteiger partial charge is 0.480 e. The molecule has 1 saturated heterocycles. The molecule has 7 atom stereocenters. The molecule has 0 unspecified atom stereocenters. The van der Waals surface area contributed by atoms with Crippen molar-refractivity contribution in [2.24, 2.45) is 22.9 Å². The Morgan fingerprint density at radius 3 is 1.85 bits per heavy atom. The van der Waals surface area contributed by atoms with E-state index in [0.717, 1.165) is 4.90 Å². The summed E-state index contributed by atoms with van der Waals surface area (Å²) in [5.41, 5.74) is 21.4. The van der Waals surface area contributed by atoms with Crippen molar-refractivity contribution in [1.29, 1.82) is 0 Å². The van der Waals surface area contributed by atoms with Gasteiger partial charge in [0, 0.05) is 19.4 Å². The van der Waals surface area contributed by atoms with Crippen LogP contribution in [0.3, 0.4) is 0 Å². The number of nitrogens with one attached hydrogen (secondary N) is 5. The van der Waals surface area contributed by atoms with Crippen LogP contribution in [-0.2, 0) is 43.2 Å². The summed E-state index contributed by atoms with van der Waals surface area (Å²) in [4.78, 5) is 113. The molecule has 294 valence electrons. The number of aliphatic hydroxyl groups excluding tert-OH is 2. The number of primary amides is 2. The summed E-state index contributed by atoms with van der Waals surface area (Å²) in [5.74, 6) is -8.25. The maximum absolute atomic E-state index is 13.3. The lowest BCUT2D eigenvalue weighted by Crippen LogP contribution is -2.58. The number of likely N-dealkylation sites (tertiary alicyclic amines) is 1. The van der Waals surface area contributed by atoms with E-state index >= 15 is 0 Å². The zero-order valence-electron chi connectivity index (χ0n) is 29.0. The maximum Gasteiger partial charge on any atom is 0.326 e. The number of carboxylic acid groups (broad SMARTS) is 1. The van der Waals surface area contributed by atoms with Gasteiger partial charge in [-0.1, -0.05) is 0 Å². The molecular weight excluding hydrogens is 692 g/mol. The number of carbonyl (C=O) groups is 9. The van der Waals surface area contributed by atoms with E-state index in [2.05, 4.69) is 26.6 Å². The van der Waals surface area contributed by atoms with E-state index in [1.165, 1.54) is 6.92 Å². The average Bonchev–Trinajstić information content (AvgIpc) is 3.58. The quantitative estimate of drug-likeness (QED) is 0.0409. The summed E-state index contributed by atoms with van der Waals surface area (Å²) >= 11 is 0. The molecule has 0 radical (unpaired) electrons. The Bertz CT molecular complexity index is 1300. The van der Waals surface area contributed by atoms with Crippen LogP contribution in [-0.4, -0.2) is 142 Å². The number of carboxylic acids is 1. The monoisotopic (exact) mass is 744 g/mol. The molecule has 22 nitrogen and oxygen atoms in total. The number of nitrogens with zero attached hydrogens (tertiary/aromatic N) is 1. The highest BCUT2D eigenvalue weighted by Gasteiger charge is 2.38. The molecule has 52 heavy (non-hydrogen) atoms. The van der Waals surface area contributed by atoms with Crippen molar-refractivity contribution in [2.45, 2.75) is 107 Å². The lowest BCUT2D eigenvalue weighted by Gasteiger charge is -2.28. The van der Waals surface area contributed by atoms with Gasteiger partial charge in [-0.15, -0.1) is 0 Å². The third-order valence-corrected chi connectivity index (χ3v) is 8.09. The summed E-state index contributed by atoms with van der Waals surface area (Å²) < 4.78 is 0. The minimum atomic E-state index is -1.50. The lowest BCUT2D eigenvalue weighted by atomic mass is 10.0. The van der Waals surface area contributed by atoms with Crippen LogP contribution in [0.2, 0.25) is 0 Å². The van der Waals surface area contributed by atoms with Crippen LogP contribution in [0.4, 0.5) is 0 Å². The first kappa shape index (κ1) is 45.1. The number of aliphatic carboxylic acids is 1. The Morgan fingerprint density at radius 2 is 1.33 bits per heavy atom. The van der Waals surface area contributed by atoms with E-state index in [1.807, 2.05) is 0 Å². The molecule has 0 bridgehead atoms. The van der Waals surface area contributed by atoms with Crippen LogP contribution >= 0.6 is 0 Å². The number of hydrogen-bond donors (Lipinski definition) is 12. The fraction of sp³-hybridized carbons (Fsp3) is 0.700. The van der Waals surface area contributed by atoms with E-state index < -0.39 is 109 Å². The summed E-state index contributed by atoms with van der Waals surface area (Å²) in [6.45, 7) is 0.0866. The fourth-order valence-corrected chi connectivity index (χ4v) is 5.11. The Labute approximate surface area is 299 Å². The summed E-state index contributed by atoms with van der Waals surface area (Å²) in [5, 5.41) is 40.4. The molecule has 0 saturated carbocycles. The van der Waals surface area contributed by atoms with Crippen LogP contribution in [0.5, 0.6) is 0 Å². The van der Waals surface area contributed by atoms with E-state index in [-0.39, 0.29) is 51.6 Å². The zero-order valence-corrected chi connectivity index (χ0v) is 29.0. The molecule has 16 N–H and O–H groups in total. The van der Waals surface area contributed by atoms with Gasteiger partial charge in [0.1, 0.15) is 36.3 Å². The number of rotatable bonds is 24. The molecule has 1 aliphatic heterocycles. The minimum Gasteiger partial charge on any atom is -0.480 e. The van der Waals surface area contributed by atoms with Crippen LogP contribution in [0.15, 0.2) is 0 Å². The van der Waals surface area contributed by atoms with Crippen LogP contribution in [0, 0.1) is 0 Å². The van der Waals surface area contributed by atoms with E-state index in [1.54, 1.807) is 0 Å². The normalized spacial score (nSPS) is 17.3. The molecule has 1 heterocycles. The van der Waals surface area contributed by atoms with Crippen LogP contribution < -0.4 is 49.5 Å². The van der Waals surface area contributed by atoms with E-state index in [4.69, 9.17) is 22.9 Å². The van der Waals surface area contributed by atoms with Crippen molar-refractivity contribution in [3.05, 3.63) is 0 Å². The molecule has 1 rings (SSSR count). The maximum atomic E-state index is 13.3. The number of nitrogens with two attached hydrogens (primary N) is 4. The topological polar surface area (TPSA) is 382 Å². The fourth-order valence-electron chi connectivity index (χ4n) is 5.11. The third-order valence-electron chi connectivity index (χ3n) is 8.09. The van der Waals surface area contributed by atoms with Crippen LogP contribution in [0.1, 0.15) is 64.7 Å². The Hall–Kier alpha value is -4.93. The molecule has 0 aromatic rings. The SMILES string of the molecule is C[C@@H](O)[C@H](N)C(=O)N[C@@H](CO)C(=O)N1CCC[C@H]1C(=O)NCC(=O)N[C@@H](CCC(N)=O)C(=O)N[C@@H](CCCCN)C(=O)N[C@@H](CCC(N)=O)C(=O)O. The van der Waals surface area contributed by atoms with Crippen molar-refractivity contribution in [3.8, 4) is 0 Å². The highest BCUT2D eigenvalue weighted by molar-refractivity contribution is 5.96. The summed E-state index contributed by atoms with van der Waals surface area (Å²) in [6.07, 6.45) is -1.23. The van der Waals surface area contributed by atoms with Gasteiger partial charge in [0.25, 0.3) is 0 Å². The second-order valence-electron chi connectivity index (χ2n) is 12.3. The van der Waals surface area contributed by atoms with Gasteiger partial charge < -0.3 is 69.7 Å². The molecule has 0 spiro atoms. The van der Waals surface area contributed by atoms with Crippen molar-refractivity contribution in [2.75, 3.05) is 26.2 Å². The molecule has 0 aromatic carbocycles. The standard InChI is InChI=1S/C30H52N10O12/c1-15(42)24(34)28(49)39-19(14-41)29(50)40-12-4-6-20(40)27(48)35-13-23(45)36-17(7-9-21(32)43)26(47)37-16(5-2-3-11-31)25(46)38-18(30(51)52)8-10-22(33)44/h15-20,24,41-42H,2-14,31,34H2,1H3,(H2,32,43)(H2,33,44)(H,35,48)(H,36,45)(H,37,47)(H,38,46)(H,39,49)(H,51,52)/t15-,16+,17+,18+,19+,20+,24+/m1/s1. The predicted molar refractivity (Wildman–Crippen MR) is 180 cm³/mol. The Morgan fingerprint density at radius 1 is 0.788 bits per heavy atom. The third kappa shape index (κ3) is 15.5. The van der Waals surface area contributed by atoms with Crippen molar-refractivity contribution >= 4 is 53.2 Å². The second-order valence-corrected chi connectivity index (χ2v) is 12.3. The average molecular weight is 745 g/mol. The number of amides is 8. The second kappa shape index (κ2) is 22.8. The zero-order chi connectivity index (χ0) is 39.5. The molecule has 0 aliphatic carbocycles. The van der Waals surface area contributed by atoms with Gasteiger partial charge in [-0.3, -0.25) is 38.4 Å². The number of hydrogen-bond acceptors (Lipinski definition) is 13. The smallest absolute Gasteiger partial charge is 0.326 e. The van der Waals surface area contributed by atoms with Gasteiger partial charge >= 0.3 is 5.97 Å². The Balaban J connectivity index is 2.99. The number of carbonyl (C=O) groups excluding carboxylic acids is 8. The molecular formula is C30H52N10O12. The first-order valence-electron chi connectivity index (χ1n) is 16.8. The Kier molecular flexibility index (Phi) is 19.8. The predicted octanol–water partition coefficient (Wildman–Crippen LogP) is -6.52. The molecule has 22 heteroatoms. The number of aliphatic hydroxyl groups is 2. The summed E-state index contributed by atoms with van der Waals surface area (Å²) in [7, 11) is 0. The van der Waals surface area contributed by atoms with E-state index in [0.29, 0.717) is 19.3 Å². The minimum absolute atomic E-state index is 0.00820.